The van der Waals surface area contributed by atoms with Gasteiger partial charge in [-0.2, -0.15) is 0 Å². The van der Waals surface area contributed by atoms with E-state index in [0.29, 0.717) is 6.07 Å². The molecule has 12 N–H and O–H groups in total. The third-order valence-corrected chi connectivity index (χ3v) is 5.83. The van der Waals surface area contributed by atoms with Gasteiger partial charge in [-0.1, -0.05) is 0 Å². The molecule has 0 bridgehead atoms. The van der Waals surface area contributed by atoms with E-state index in [2.05, 4.69) is 0 Å². The Morgan fingerprint density at radius 1 is 0.405 bits per heavy atom. The van der Waals surface area contributed by atoms with E-state index in [-0.39, 0.29) is 0 Å². The van der Waals surface area contributed by atoms with Crippen molar-refractivity contribution < 1.29 is 80.6 Å². The van der Waals surface area contributed by atoms with Gasteiger partial charge in [0.25, 0.3) is 5.75 Å². The number of carbonyl (C=O) groups is 2. The van der Waals surface area contributed by atoms with E-state index < -0.39 is 114 Å². The van der Waals surface area contributed by atoms with Crippen LogP contribution in [-0.2, 0) is 0 Å². The van der Waals surface area contributed by atoms with E-state index >= 15 is 0 Å². The van der Waals surface area contributed by atoms with Crippen LogP contribution < -0.4 is 9.78 Å². The van der Waals surface area contributed by atoms with Crippen molar-refractivity contribution in [3.63, 3.8) is 0 Å². The maximum Gasteiger partial charge on any atom is 0.266 e. The van der Waals surface area contributed by atoms with Crippen LogP contribution in [0.2, 0.25) is 0 Å². The highest BCUT2D eigenvalue weighted by Crippen LogP contribution is 2.53. The van der Waals surface area contributed by atoms with E-state index in [9.17, 15) is 70.9 Å². The van der Waals surface area contributed by atoms with Gasteiger partial charge in [-0.3, -0.25) is 19.4 Å². The molecular formula is C26H18O16. The Bertz CT molecular complexity index is 1790. The fourth-order valence-corrected chi connectivity index (χ4v) is 3.70. The Balaban J connectivity index is 1.83. The SMILES string of the molecule is O=C(c1ccc(O)c(O)c1)c1c(O)c(O)c(O)c(OOc2c(O)c(O)cc(O)c2C(=O)c2c(O)ccc(O)c2O)c1O. The molecule has 218 valence electrons. The number of phenolic OH excluding ortho intramolecular Hbond substituents is 12. The molecule has 4 aromatic carbocycles. The molecule has 0 unspecified atom stereocenters. The van der Waals surface area contributed by atoms with Gasteiger partial charge in [0.1, 0.15) is 28.2 Å². The third kappa shape index (κ3) is 4.49. The summed E-state index contributed by atoms with van der Waals surface area (Å²) in [4.78, 5) is 35.6. The van der Waals surface area contributed by atoms with Crippen LogP contribution in [0.5, 0.6) is 80.5 Å². The lowest BCUT2D eigenvalue weighted by Gasteiger charge is -2.17. The molecule has 0 aliphatic rings. The van der Waals surface area contributed by atoms with Crippen LogP contribution in [0, 0.1) is 0 Å². The van der Waals surface area contributed by atoms with Gasteiger partial charge in [0.15, 0.2) is 40.2 Å². The van der Waals surface area contributed by atoms with Gasteiger partial charge < -0.3 is 61.3 Å². The van der Waals surface area contributed by atoms with E-state index in [1.165, 1.54) is 0 Å². The van der Waals surface area contributed by atoms with Gasteiger partial charge in [-0.15, -0.1) is 0 Å². The molecule has 4 aromatic rings. The zero-order valence-corrected chi connectivity index (χ0v) is 20.5. The Morgan fingerprint density at radius 3 is 1.64 bits per heavy atom. The second kappa shape index (κ2) is 10.2. The first kappa shape index (κ1) is 28.4. The minimum Gasteiger partial charge on any atom is -0.507 e. The molecule has 0 fully saturated rings. The third-order valence-electron chi connectivity index (χ3n) is 5.83. The molecule has 0 amide bonds. The predicted molar refractivity (Wildman–Crippen MR) is 134 cm³/mol. The average molecular weight is 586 g/mol. The van der Waals surface area contributed by atoms with Gasteiger partial charge in [-0.05, 0) is 30.3 Å². The van der Waals surface area contributed by atoms with Crippen LogP contribution in [0.3, 0.4) is 0 Å². The first-order valence-corrected chi connectivity index (χ1v) is 11.1. The molecule has 0 saturated heterocycles. The number of benzene rings is 4. The summed E-state index contributed by atoms with van der Waals surface area (Å²) in [5, 5.41) is 121. The summed E-state index contributed by atoms with van der Waals surface area (Å²) in [7, 11) is 0. The largest absolute Gasteiger partial charge is 0.507 e. The number of aromatic hydroxyl groups is 12. The minimum atomic E-state index is -1.53. The normalized spacial score (nSPS) is 10.8. The zero-order chi connectivity index (χ0) is 31.2. The van der Waals surface area contributed by atoms with E-state index in [0.717, 1.165) is 30.3 Å². The fraction of sp³-hybridized carbons (Fsp3) is 0. The van der Waals surface area contributed by atoms with Crippen LogP contribution in [0.25, 0.3) is 0 Å². The Morgan fingerprint density at radius 2 is 1.00 bits per heavy atom. The standard InChI is InChI=1S/C26H18O16/c27-8-2-1-7(5-11(8)30)17(33)16-21(37)23(39)24(40)26(22(16)38)42-41-25-15(12(31)6-13(32)19(25)35)20(36)14-9(28)3-4-10(29)18(14)34/h1-6,27-32,34-35,37-40H. The molecule has 0 heterocycles. The lowest BCUT2D eigenvalue weighted by Crippen LogP contribution is -2.10. The summed E-state index contributed by atoms with van der Waals surface area (Å²) in [5.41, 5.74) is -3.73. The van der Waals surface area contributed by atoms with Crippen LogP contribution in [-0.4, -0.2) is 72.8 Å². The first-order chi connectivity index (χ1) is 19.7. The van der Waals surface area contributed by atoms with Crippen LogP contribution in [0.1, 0.15) is 31.8 Å². The van der Waals surface area contributed by atoms with Gasteiger partial charge in [0, 0.05) is 11.6 Å². The summed E-state index contributed by atoms with van der Waals surface area (Å²) in [6.45, 7) is 0. The maximum atomic E-state index is 13.2. The number of ketones is 2. The van der Waals surface area contributed by atoms with Crippen molar-refractivity contribution in [3.8, 4) is 80.5 Å². The van der Waals surface area contributed by atoms with Crippen molar-refractivity contribution in [1.82, 2.24) is 0 Å². The van der Waals surface area contributed by atoms with E-state index in [1.807, 2.05) is 0 Å². The molecule has 0 atom stereocenters. The van der Waals surface area contributed by atoms with Gasteiger partial charge in [-0.25, -0.2) is 0 Å². The predicted octanol–water partition coefficient (Wildman–Crippen LogP) is 1.99. The molecule has 0 aliphatic carbocycles. The highest BCUT2D eigenvalue weighted by molar-refractivity contribution is 6.16. The van der Waals surface area contributed by atoms with E-state index in [4.69, 9.17) is 9.78 Å². The Kier molecular flexibility index (Phi) is 6.90. The molecule has 0 spiro atoms. The minimum absolute atomic E-state index is 0.442. The van der Waals surface area contributed by atoms with Crippen LogP contribution >= 0.6 is 0 Å². The van der Waals surface area contributed by atoms with Crippen molar-refractivity contribution >= 4 is 11.6 Å². The van der Waals surface area contributed by atoms with Crippen molar-refractivity contribution in [2.24, 2.45) is 0 Å². The summed E-state index contributed by atoms with van der Waals surface area (Å²) in [6, 6.07) is 4.62. The van der Waals surface area contributed by atoms with Crippen molar-refractivity contribution in [2.75, 3.05) is 0 Å². The average Bonchev–Trinajstić information content (AvgIpc) is 2.93. The van der Waals surface area contributed by atoms with Crippen LogP contribution in [0.4, 0.5) is 0 Å². The Hall–Kier alpha value is -6.58. The number of hydrogen-bond donors (Lipinski definition) is 12. The molecule has 0 aliphatic heterocycles. The lowest BCUT2D eigenvalue weighted by atomic mass is 9.98. The quantitative estimate of drug-likeness (QED) is 0.0484. The van der Waals surface area contributed by atoms with Gasteiger partial charge >= 0.3 is 0 Å². The monoisotopic (exact) mass is 586 g/mol. The second-order valence-electron chi connectivity index (χ2n) is 8.42. The van der Waals surface area contributed by atoms with Crippen LogP contribution in [0.15, 0.2) is 36.4 Å². The molecule has 16 nitrogen and oxygen atoms in total. The highest BCUT2D eigenvalue weighted by atomic mass is 17.2. The molecule has 0 saturated carbocycles. The first-order valence-electron chi connectivity index (χ1n) is 11.1. The molecule has 16 heteroatoms. The maximum absolute atomic E-state index is 13.2. The zero-order valence-electron chi connectivity index (χ0n) is 20.5. The number of phenols is 12. The topological polar surface area (TPSA) is 295 Å². The number of hydrogen-bond acceptors (Lipinski definition) is 16. The lowest BCUT2D eigenvalue weighted by molar-refractivity contribution is -0.106. The summed E-state index contributed by atoms with van der Waals surface area (Å²) >= 11 is 0. The van der Waals surface area contributed by atoms with E-state index in [1.54, 1.807) is 0 Å². The second-order valence-corrected chi connectivity index (χ2v) is 8.42. The summed E-state index contributed by atoms with van der Waals surface area (Å²) < 4.78 is 0. The van der Waals surface area contributed by atoms with Crippen molar-refractivity contribution in [3.05, 3.63) is 58.7 Å². The summed E-state index contributed by atoms with van der Waals surface area (Å²) in [6.07, 6.45) is 0. The molecular weight excluding hydrogens is 568 g/mol. The smallest absolute Gasteiger partial charge is 0.266 e. The molecule has 4 rings (SSSR count). The number of carbonyl (C=O) groups excluding carboxylic acids is 2. The Labute approximate surface area is 231 Å². The van der Waals surface area contributed by atoms with Gasteiger partial charge in [0.2, 0.25) is 34.6 Å². The van der Waals surface area contributed by atoms with Crippen molar-refractivity contribution in [1.29, 1.82) is 0 Å². The van der Waals surface area contributed by atoms with Crippen molar-refractivity contribution in [2.45, 2.75) is 0 Å². The fourth-order valence-electron chi connectivity index (χ4n) is 3.70. The van der Waals surface area contributed by atoms with Gasteiger partial charge in [0.05, 0.1) is 0 Å². The molecule has 42 heavy (non-hydrogen) atoms. The molecule has 0 radical (unpaired) electrons. The number of rotatable bonds is 7. The highest BCUT2D eigenvalue weighted by Gasteiger charge is 2.34. The summed E-state index contributed by atoms with van der Waals surface area (Å²) in [5.74, 6) is -19.1. The molecule has 0 aromatic heterocycles.